The fraction of sp³-hybridized carbons (Fsp3) is 0.474. The first-order valence-electron chi connectivity index (χ1n) is 8.55. The van der Waals surface area contributed by atoms with Gasteiger partial charge in [0.2, 0.25) is 0 Å². The molecule has 0 spiro atoms. The van der Waals surface area contributed by atoms with Gasteiger partial charge in [-0.25, -0.2) is 4.39 Å². The molecule has 1 amide bonds. The number of ether oxygens (including phenoxy) is 1. The van der Waals surface area contributed by atoms with Crippen molar-refractivity contribution in [2.45, 2.75) is 51.6 Å². The lowest BCUT2D eigenvalue weighted by Crippen LogP contribution is -2.36. The van der Waals surface area contributed by atoms with Crippen LogP contribution in [0.15, 0.2) is 29.8 Å². The van der Waals surface area contributed by atoms with Crippen molar-refractivity contribution in [3.8, 4) is 0 Å². The Kier molecular flexibility index (Phi) is 7.44. The molecule has 0 fully saturated rings. The van der Waals surface area contributed by atoms with Crippen molar-refractivity contribution < 1.29 is 18.7 Å². The van der Waals surface area contributed by atoms with Crippen LogP contribution >= 0.6 is 11.6 Å². The predicted molar refractivity (Wildman–Crippen MR) is 94.8 cm³/mol. The van der Waals surface area contributed by atoms with Gasteiger partial charge in [0.15, 0.2) is 6.10 Å². The van der Waals surface area contributed by atoms with Crippen molar-refractivity contribution in [2.75, 3.05) is 6.54 Å². The molecule has 6 heteroatoms. The second kappa shape index (κ2) is 9.56. The van der Waals surface area contributed by atoms with Crippen molar-refractivity contribution in [3.63, 3.8) is 0 Å². The van der Waals surface area contributed by atoms with Crippen LogP contribution in [0.3, 0.4) is 0 Å². The van der Waals surface area contributed by atoms with Gasteiger partial charge in [-0.1, -0.05) is 29.3 Å². The van der Waals surface area contributed by atoms with E-state index in [0.717, 1.165) is 19.3 Å². The number of nitrogens with one attached hydrogen (secondary N) is 1. The minimum Gasteiger partial charge on any atom is -0.452 e. The van der Waals surface area contributed by atoms with Crippen LogP contribution in [-0.4, -0.2) is 24.5 Å². The van der Waals surface area contributed by atoms with Gasteiger partial charge in [0.1, 0.15) is 5.82 Å². The fourth-order valence-corrected chi connectivity index (χ4v) is 2.99. The summed E-state index contributed by atoms with van der Waals surface area (Å²) in [6, 6.07) is 4.19. The van der Waals surface area contributed by atoms with E-state index < -0.39 is 17.9 Å². The first-order valence-corrected chi connectivity index (χ1v) is 8.93. The third kappa shape index (κ3) is 6.16. The zero-order valence-corrected chi connectivity index (χ0v) is 15.1. The molecule has 0 saturated heterocycles. The first-order chi connectivity index (χ1) is 12.0. The first kappa shape index (κ1) is 19.4. The number of benzene rings is 1. The average molecular weight is 368 g/mol. The highest BCUT2D eigenvalue weighted by molar-refractivity contribution is 6.31. The molecule has 0 aliphatic heterocycles. The molecule has 2 rings (SSSR count). The smallest absolute Gasteiger partial charge is 0.311 e. The van der Waals surface area contributed by atoms with Gasteiger partial charge in [-0.2, -0.15) is 0 Å². The van der Waals surface area contributed by atoms with E-state index in [1.54, 1.807) is 0 Å². The molecule has 0 saturated carbocycles. The molecule has 0 heterocycles. The van der Waals surface area contributed by atoms with Crippen molar-refractivity contribution in [1.82, 2.24) is 5.32 Å². The molecule has 0 bridgehead atoms. The number of rotatable bonds is 7. The topological polar surface area (TPSA) is 55.4 Å². The Hall–Kier alpha value is -1.88. The molecular weight excluding hydrogens is 345 g/mol. The van der Waals surface area contributed by atoms with Crippen LogP contribution in [0, 0.1) is 5.82 Å². The fourth-order valence-electron chi connectivity index (χ4n) is 2.76. The van der Waals surface area contributed by atoms with Crippen LogP contribution in [0.25, 0.3) is 0 Å². The summed E-state index contributed by atoms with van der Waals surface area (Å²) >= 11 is 5.88. The summed E-state index contributed by atoms with van der Waals surface area (Å²) in [4.78, 5) is 23.9. The maximum absolute atomic E-state index is 13.7. The number of amides is 1. The van der Waals surface area contributed by atoms with Gasteiger partial charge < -0.3 is 10.1 Å². The molecule has 1 aliphatic carbocycles. The maximum Gasteiger partial charge on any atom is 0.311 e. The second-order valence-corrected chi connectivity index (χ2v) is 6.57. The van der Waals surface area contributed by atoms with Crippen LogP contribution in [-0.2, 0) is 20.7 Å². The van der Waals surface area contributed by atoms with Crippen LogP contribution < -0.4 is 5.32 Å². The van der Waals surface area contributed by atoms with Crippen molar-refractivity contribution in [1.29, 1.82) is 0 Å². The van der Waals surface area contributed by atoms with E-state index in [1.807, 2.05) is 0 Å². The van der Waals surface area contributed by atoms with Gasteiger partial charge in [-0.05, 0) is 51.2 Å². The molecule has 25 heavy (non-hydrogen) atoms. The van der Waals surface area contributed by atoms with Crippen LogP contribution in [0.2, 0.25) is 5.02 Å². The largest absolute Gasteiger partial charge is 0.452 e. The third-order valence-electron chi connectivity index (χ3n) is 4.19. The number of hydrogen-bond donors (Lipinski definition) is 1. The van der Waals surface area contributed by atoms with Crippen molar-refractivity contribution in [3.05, 3.63) is 46.3 Å². The monoisotopic (exact) mass is 367 g/mol. The Morgan fingerprint density at radius 1 is 1.36 bits per heavy atom. The predicted octanol–water partition coefficient (Wildman–Crippen LogP) is 3.96. The number of allylic oxidation sites excluding steroid dienone is 1. The summed E-state index contributed by atoms with van der Waals surface area (Å²) in [5.41, 5.74) is 1.44. The molecule has 136 valence electrons. The van der Waals surface area contributed by atoms with Crippen LogP contribution in [0.1, 0.15) is 44.6 Å². The lowest BCUT2D eigenvalue weighted by atomic mass is 9.97. The Morgan fingerprint density at radius 3 is 2.84 bits per heavy atom. The SMILES string of the molecule is C[C@@H](OC(=O)Cc1c(F)cccc1Cl)C(=O)NCCC1=CCCCC1. The molecule has 0 unspecified atom stereocenters. The standard InChI is InChI=1S/C19H23ClFNO3/c1-13(19(24)22-11-10-14-6-3-2-4-7-14)25-18(23)12-15-16(20)8-5-9-17(15)21/h5-6,8-9,13H,2-4,7,10-12H2,1H3,(H,22,24)/t13-/m1/s1. The van der Waals surface area contributed by atoms with Gasteiger partial charge in [0.05, 0.1) is 6.42 Å². The van der Waals surface area contributed by atoms with E-state index in [4.69, 9.17) is 16.3 Å². The Labute approximate surface area is 152 Å². The number of carbonyl (C=O) groups is 2. The van der Waals surface area contributed by atoms with E-state index in [1.165, 1.54) is 43.5 Å². The molecule has 1 aromatic rings. The van der Waals surface area contributed by atoms with E-state index >= 15 is 0 Å². The van der Waals surface area contributed by atoms with Gasteiger partial charge in [0, 0.05) is 17.1 Å². The second-order valence-electron chi connectivity index (χ2n) is 6.16. The van der Waals surface area contributed by atoms with E-state index in [9.17, 15) is 14.0 Å². The van der Waals surface area contributed by atoms with E-state index in [2.05, 4.69) is 11.4 Å². The summed E-state index contributed by atoms with van der Waals surface area (Å²) in [7, 11) is 0. The maximum atomic E-state index is 13.7. The molecule has 1 atom stereocenters. The zero-order chi connectivity index (χ0) is 18.2. The molecule has 0 radical (unpaired) electrons. The Morgan fingerprint density at radius 2 is 2.16 bits per heavy atom. The number of halogens is 2. The lowest BCUT2D eigenvalue weighted by molar-refractivity contribution is -0.154. The normalized spacial score (nSPS) is 15.2. The molecule has 1 N–H and O–H groups in total. The Bertz CT molecular complexity index is 640. The van der Waals surface area contributed by atoms with Gasteiger partial charge in [0.25, 0.3) is 5.91 Å². The number of esters is 1. The Balaban J connectivity index is 1.76. The molecular formula is C19H23ClFNO3. The number of carbonyl (C=O) groups excluding carboxylic acids is 2. The summed E-state index contributed by atoms with van der Waals surface area (Å²) in [6.07, 6.45) is 6.43. The summed E-state index contributed by atoms with van der Waals surface area (Å²) in [6.45, 7) is 2.02. The van der Waals surface area contributed by atoms with Crippen molar-refractivity contribution in [2.24, 2.45) is 0 Å². The minimum absolute atomic E-state index is 0.0750. The number of hydrogen-bond acceptors (Lipinski definition) is 3. The lowest BCUT2D eigenvalue weighted by Gasteiger charge is -2.16. The summed E-state index contributed by atoms with van der Waals surface area (Å²) in [5, 5.41) is 2.93. The minimum atomic E-state index is -0.932. The van der Waals surface area contributed by atoms with Gasteiger partial charge in [-0.3, -0.25) is 9.59 Å². The molecule has 4 nitrogen and oxygen atoms in total. The summed E-state index contributed by atoms with van der Waals surface area (Å²) in [5.74, 6) is -1.61. The zero-order valence-electron chi connectivity index (χ0n) is 14.3. The summed E-state index contributed by atoms with van der Waals surface area (Å²) < 4.78 is 18.8. The van der Waals surface area contributed by atoms with Crippen LogP contribution in [0.5, 0.6) is 0 Å². The van der Waals surface area contributed by atoms with Crippen molar-refractivity contribution >= 4 is 23.5 Å². The quantitative estimate of drug-likeness (QED) is 0.586. The van der Waals surface area contributed by atoms with Gasteiger partial charge >= 0.3 is 5.97 Å². The highest BCUT2D eigenvalue weighted by atomic mass is 35.5. The third-order valence-corrected chi connectivity index (χ3v) is 4.54. The van der Waals surface area contributed by atoms with E-state index in [-0.39, 0.29) is 22.9 Å². The van der Waals surface area contributed by atoms with Crippen LogP contribution in [0.4, 0.5) is 4.39 Å². The van der Waals surface area contributed by atoms with Gasteiger partial charge in [-0.15, -0.1) is 0 Å². The highest BCUT2D eigenvalue weighted by Gasteiger charge is 2.20. The molecule has 0 aromatic heterocycles. The molecule has 1 aliphatic rings. The average Bonchev–Trinajstić information content (AvgIpc) is 2.59. The molecule has 1 aromatic carbocycles. The highest BCUT2D eigenvalue weighted by Crippen LogP contribution is 2.20. The van der Waals surface area contributed by atoms with E-state index in [0.29, 0.717) is 6.54 Å².